The molecule has 1 saturated carbocycles. The first-order chi connectivity index (χ1) is 8.10. The van der Waals surface area contributed by atoms with Crippen LogP contribution in [-0.4, -0.2) is 30.5 Å². The number of nitrogens with one attached hydrogen (secondary N) is 1. The highest BCUT2D eigenvalue weighted by Crippen LogP contribution is 2.38. The van der Waals surface area contributed by atoms with E-state index in [0.717, 1.165) is 25.7 Å². The zero-order chi connectivity index (χ0) is 12.4. The van der Waals surface area contributed by atoms with Crippen molar-refractivity contribution in [3.63, 3.8) is 0 Å². The number of rotatable bonds is 3. The van der Waals surface area contributed by atoms with Crippen LogP contribution in [0.25, 0.3) is 0 Å². The fourth-order valence-corrected chi connectivity index (χ4v) is 3.16. The van der Waals surface area contributed by atoms with Crippen molar-refractivity contribution in [3.8, 4) is 0 Å². The van der Waals surface area contributed by atoms with Gasteiger partial charge in [0, 0.05) is 24.5 Å². The molecule has 0 aromatic heterocycles. The van der Waals surface area contributed by atoms with E-state index >= 15 is 0 Å². The zero-order valence-corrected chi connectivity index (χ0v) is 11.3. The van der Waals surface area contributed by atoms with Gasteiger partial charge in [0.25, 0.3) is 0 Å². The Hall–Kier alpha value is -0.280. The van der Waals surface area contributed by atoms with Crippen LogP contribution in [0, 0.1) is 5.41 Å². The van der Waals surface area contributed by atoms with Gasteiger partial charge in [0.1, 0.15) is 0 Å². The standard InChI is InChI=1S/C13H22ClNO2/c1-12(4-2-3-5-12)11(16)15-13(10-14)6-8-17-9-7-13/h2-10H2,1H3,(H,15,16). The highest BCUT2D eigenvalue weighted by Gasteiger charge is 2.41. The first kappa shape index (κ1) is 13.2. The molecule has 1 amide bonds. The van der Waals surface area contributed by atoms with Crippen LogP contribution in [0.1, 0.15) is 45.4 Å². The van der Waals surface area contributed by atoms with Gasteiger partial charge in [-0.1, -0.05) is 19.8 Å². The summed E-state index contributed by atoms with van der Waals surface area (Å²) in [5.41, 5.74) is -0.403. The predicted molar refractivity (Wildman–Crippen MR) is 68.2 cm³/mol. The summed E-state index contributed by atoms with van der Waals surface area (Å²) < 4.78 is 5.35. The van der Waals surface area contributed by atoms with E-state index in [0.29, 0.717) is 19.1 Å². The molecule has 1 N–H and O–H groups in total. The van der Waals surface area contributed by atoms with Gasteiger partial charge in [-0.05, 0) is 25.7 Å². The fraction of sp³-hybridized carbons (Fsp3) is 0.923. The molecular weight excluding hydrogens is 238 g/mol. The normalized spacial score (nSPS) is 26.7. The second-order valence-electron chi connectivity index (χ2n) is 5.75. The largest absolute Gasteiger partial charge is 0.381 e. The quantitative estimate of drug-likeness (QED) is 0.791. The smallest absolute Gasteiger partial charge is 0.226 e. The molecule has 2 aliphatic rings. The van der Waals surface area contributed by atoms with E-state index in [-0.39, 0.29) is 16.9 Å². The molecule has 0 aromatic rings. The van der Waals surface area contributed by atoms with E-state index in [1.807, 2.05) is 0 Å². The van der Waals surface area contributed by atoms with Crippen molar-refractivity contribution in [2.75, 3.05) is 19.1 Å². The lowest BCUT2D eigenvalue weighted by atomic mass is 9.84. The van der Waals surface area contributed by atoms with Gasteiger partial charge >= 0.3 is 0 Å². The Balaban J connectivity index is 2.00. The van der Waals surface area contributed by atoms with Crippen molar-refractivity contribution in [3.05, 3.63) is 0 Å². The maximum Gasteiger partial charge on any atom is 0.226 e. The van der Waals surface area contributed by atoms with E-state index in [9.17, 15) is 4.79 Å². The number of halogens is 1. The molecule has 1 saturated heterocycles. The summed E-state index contributed by atoms with van der Waals surface area (Å²) in [7, 11) is 0. The van der Waals surface area contributed by atoms with Gasteiger partial charge in [-0.3, -0.25) is 4.79 Å². The highest BCUT2D eigenvalue weighted by atomic mass is 35.5. The number of amides is 1. The van der Waals surface area contributed by atoms with Crippen LogP contribution in [0.15, 0.2) is 0 Å². The van der Waals surface area contributed by atoms with E-state index in [1.165, 1.54) is 12.8 Å². The van der Waals surface area contributed by atoms with Gasteiger partial charge in [0.2, 0.25) is 5.91 Å². The minimum atomic E-state index is -0.234. The van der Waals surface area contributed by atoms with Crippen LogP contribution in [0.3, 0.4) is 0 Å². The van der Waals surface area contributed by atoms with Gasteiger partial charge in [-0.15, -0.1) is 11.6 Å². The molecule has 0 bridgehead atoms. The molecule has 2 rings (SSSR count). The molecule has 0 spiro atoms. The number of carbonyl (C=O) groups excluding carboxylic acids is 1. The molecular formula is C13H22ClNO2. The summed E-state index contributed by atoms with van der Waals surface area (Å²) in [5.74, 6) is 0.676. The van der Waals surface area contributed by atoms with Crippen LogP contribution in [-0.2, 0) is 9.53 Å². The van der Waals surface area contributed by atoms with Crippen molar-refractivity contribution in [2.45, 2.75) is 51.0 Å². The Morgan fingerprint density at radius 3 is 2.35 bits per heavy atom. The highest BCUT2D eigenvalue weighted by molar-refractivity contribution is 6.18. The molecule has 98 valence electrons. The van der Waals surface area contributed by atoms with Gasteiger partial charge in [-0.2, -0.15) is 0 Å². The molecule has 3 nitrogen and oxygen atoms in total. The van der Waals surface area contributed by atoms with E-state index in [1.54, 1.807) is 0 Å². The van der Waals surface area contributed by atoms with Crippen molar-refractivity contribution in [2.24, 2.45) is 5.41 Å². The number of ether oxygens (including phenoxy) is 1. The van der Waals surface area contributed by atoms with Crippen LogP contribution >= 0.6 is 11.6 Å². The lowest BCUT2D eigenvalue weighted by molar-refractivity contribution is -0.132. The summed E-state index contributed by atoms with van der Waals surface area (Å²) in [6, 6.07) is 0. The summed E-state index contributed by atoms with van der Waals surface area (Å²) in [6.45, 7) is 3.48. The van der Waals surface area contributed by atoms with Crippen molar-refractivity contribution in [1.82, 2.24) is 5.32 Å². The molecule has 1 aliphatic heterocycles. The molecule has 0 aromatic carbocycles. The van der Waals surface area contributed by atoms with E-state index in [4.69, 9.17) is 16.3 Å². The molecule has 17 heavy (non-hydrogen) atoms. The van der Waals surface area contributed by atoms with Gasteiger partial charge in [-0.25, -0.2) is 0 Å². The molecule has 0 unspecified atom stereocenters. The topological polar surface area (TPSA) is 38.3 Å². The zero-order valence-electron chi connectivity index (χ0n) is 10.6. The molecule has 4 heteroatoms. The SMILES string of the molecule is CC1(C(=O)NC2(CCl)CCOCC2)CCCC1. The molecule has 1 heterocycles. The summed E-state index contributed by atoms with van der Waals surface area (Å²) in [4.78, 5) is 12.4. The summed E-state index contributed by atoms with van der Waals surface area (Å²) >= 11 is 6.06. The average Bonchev–Trinajstić information content (AvgIpc) is 2.79. The van der Waals surface area contributed by atoms with Gasteiger partial charge in [0.05, 0.1) is 5.54 Å². The van der Waals surface area contributed by atoms with Crippen LogP contribution < -0.4 is 5.32 Å². The second kappa shape index (κ2) is 5.15. The lowest BCUT2D eigenvalue weighted by Crippen LogP contribution is -2.56. The third-order valence-electron chi connectivity index (χ3n) is 4.34. The predicted octanol–water partition coefficient (Wildman–Crippen LogP) is 2.47. The number of alkyl halides is 1. The summed E-state index contributed by atoms with van der Waals surface area (Å²) in [5, 5.41) is 3.21. The Kier molecular flexibility index (Phi) is 3.99. The lowest BCUT2D eigenvalue weighted by Gasteiger charge is -2.38. The molecule has 0 radical (unpaired) electrons. The number of hydrogen-bond acceptors (Lipinski definition) is 2. The maximum atomic E-state index is 12.4. The molecule has 2 fully saturated rings. The third-order valence-corrected chi connectivity index (χ3v) is 4.85. The van der Waals surface area contributed by atoms with Gasteiger partial charge < -0.3 is 10.1 Å². The Morgan fingerprint density at radius 1 is 1.24 bits per heavy atom. The number of hydrogen-bond donors (Lipinski definition) is 1. The minimum absolute atomic E-state index is 0.169. The Morgan fingerprint density at radius 2 is 1.82 bits per heavy atom. The molecule has 0 atom stereocenters. The first-order valence-electron chi connectivity index (χ1n) is 6.57. The summed E-state index contributed by atoms with van der Waals surface area (Å²) in [6.07, 6.45) is 6.01. The Labute approximate surface area is 108 Å². The van der Waals surface area contributed by atoms with Crippen molar-refractivity contribution in [1.29, 1.82) is 0 Å². The average molecular weight is 260 g/mol. The second-order valence-corrected chi connectivity index (χ2v) is 6.02. The maximum absolute atomic E-state index is 12.4. The monoisotopic (exact) mass is 259 g/mol. The van der Waals surface area contributed by atoms with Gasteiger partial charge in [0.15, 0.2) is 0 Å². The molecule has 1 aliphatic carbocycles. The van der Waals surface area contributed by atoms with Crippen molar-refractivity contribution < 1.29 is 9.53 Å². The van der Waals surface area contributed by atoms with Crippen LogP contribution in [0.4, 0.5) is 0 Å². The van der Waals surface area contributed by atoms with Crippen molar-refractivity contribution >= 4 is 17.5 Å². The van der Waals surface area contributed by atoms with Crippen LogP contribution in [0.5, 0.6) is 0 Å². The third kappa shape index (κ3) is 2.76. The Bertz CT molecular complexity index is 281. The minimum Gasteiger partial charge on any atom is -0.381 e. The van der Waals surface area contributed by atoms with E-state index in [2.05, 4.69) is 12.2 Å². The number of carbonyl (C=O) groups is 1. The fourth-order valence-electron chi connectivity index (χ4n) is 2.83. The van der Waals surface area contributed by atoms with Crippen LogP contribution in [0.2, 0.25) is 0 Å². The van der Waals surface area contributed by atoms with E-state index < -0.39 is 0 Å². The first-order valence-corrected chi connectivity index (χ1v) is 7.10.